The van der Waals surface area contributed by atoms with Crippen LogP contribution in [0.1, 0.15) is 23.9 Å². The highest BCUT2D eigenvalue weighted by Gasteiger charge is 2.15. The van der Waals surface area contributed by atoms with Gasteiger partial charge in [-0.3, -0.25) is 4.68 Å². The molecule has 0 aliphatic rings. The molecule has 0 aromatic carbocycles. The molecule has 5 nitrogen and oxygen atoms in total. The van der Waals surface area contributed by atoms with Crippen molar-refractivity contribution in [1.82, 2.24) is 25.1 Å². The van der Waals surface area contributed by atoms with Gasteiger partial charge in [-0.25, -0.2) is 9.97 Å². The summed E-state index contributed by atoms with van der Waals surface area (Å²) in [7, 11) is 1.96. The summed E-state index contributed by atoms with van der Waals surface area (Å²) in [5, 5.41) is 9.70. The lowest BCUT2D eigenvalue weighted by Gasteiger charge is -2.06. The highest BCUT2D eigenvalue weighted by atomic mass is 32.2. The van der Waals surface area contributed by atoms with Gasteiger partial charge in [-0.1, -0.05) is 6.92 Å². The first kappa shape index (κ1) is 14.0. The Morgan fingerprint density at radius 1 is 1.37 bits per heavy atom. The third-order valence-corrected chi connectivity index (χ3v) is 3.88. The Bertz CT molecular complexity index is 564. The van der Waals surface area contributed by atoms with Crippen molar-refractivity contribution in [3.63, 3.8) is 0 Å². The fourth-order valence-corrected chi connectivity index (χ4v) is 2.82. The second-order valence-electron chi connectivity index (χ2n) is 4.36. The zero-order valence-electron chi connectivity index (χ0n) is 11.8. The Labute approximate surface area is 117 Å². The SMILES string of the molecule is CCNCc1c(C)nn(C)c1Sc1nccc(C)n1. The van der Waals surface area contributed by atoms with E-state index >= 15 is 0 Å². The lowest BCUT2D eigenvalue weighted by molar-refractivity contribution is 0.672. The Morgan fingerprint density at radius 3 is 2.84 bits per heavy atom. The fourth-order valence-electron chi connectivity index (χ4n) is 1.82. The van der Waals surface area contributed by atoms with Gasteiger partial charge in [0.15, 0.2) is 5.16 Å². The van der Waals surface area contributed by atoms with Gasteiger partial charge in [-0.2, -0.15) is 5.10 Å². The Morgan fingerprint density at radius 2 is 2.16 bits per heavy atom. The number of hydrogen-bond donors (Lipinski definition) is 1. The van der Waals surface area contributed by atoms with Crippen LogP contribution < -0.4 is 5.32 Å². The molecule has 0 aliphatic carbocycles. The number of hydrogen-bond acceptors (Lipinski definition) is 5. The molecule has 0 amide bonds. The summed E-state index contributed by atoms with van der Waals surface area (Å²) >= 11 is 1.56. The molecule has 2 aromatic heterocycles. The van der Waals surface area contributed by atoms with Crippen molar-refractivity contribution < 1.29 is 0 Å². The smallest absolute Gasteiger partial charge is 0.194 e. The molecule has 2 rings (SSSR count). The molecule has 0 saturated carbocycles. The van der Waals surface area contributed by atoms with E-state index in [-0.39, 0.29) is 0 Å². The van der Waals surface area contributed by atoms with Crippen molar-refractivity contribution in [2.45, 2.75) is 37.5 Å². The predicted octanol–water partition coefficient (Wildman–Crippen LogP) is 2.09. The van der Waals surface area contributed by atoms with Crippen LogP contribution in [0.3, 0.4) is 0 Å². The van der Waals surface area contributed by atoms with E-state index in [4.69, 9.17) is 0 Å². The summed E-state index contributed by atoms with van der Waals surface area (Å²) in [5.74, 6) is 0. The van der Waals surface area contributed by atoms with Crippen LogP contribution in [-0.4, -0.2) is 26.3 Å². The normalized spacial score (nSPS) is 10.9. The number of nitrogens with zero attached hydrogens (tertiary/aromatic N) is 4. The Kier molecular flexibility index (Phi) is 4.55. The van der Waals surface area contributed by atoms with Crippen molar-refractivity contribution in [1.29, 1.82) is 0 Å². The van der Waals surface area contributed by atoms with Crippen molar-refractivity contribution in [2.75, 3.05) is 6.54 Å². The molecule has 0 saturated heterocycles. The fraction of sp³-hybridized carbons (Fsp3) is 0.462. The first-order valence-corrected chi connectivity index (χ1v) is 7.14. The minimum absolute atomic E-state index is 0.765. The van der Waals surface area contributed by atoms with Gasteiger partial charge in [0, 0.05) is 31.0 Å². The minimum Gasteiger partial charge on any atom is -0.313 e. The van der Waals surface area contributed by atoms with Gasteiger partial charge in [-0.15, -0.1) is 0 Å². The van der Waals surface area contributed by atoms with E-state index in [1.807, 2.05) is 31.6 Å². The van der Waals surface area contributed by atoms with Crippen LogP contribution in [0.5, 0.6) is 0 Å². The van der Waals surface area contributed by atoms with Crippen molar-refractivity contribution in [3.05, 3.63) is 29.2 Å². The number of nitrogens with one attached hydrogen (secondary N) is 1. The van der Waals surface area contributed by atoms with Gasteiger partial charge in [0.1, 0.15) is 5.03 Å². The topological polar surface area (TPSA) is 55.6 Å². The van der Waals surface area contributed by atoms with Crippen LogP contribution in [0.4, 0.5) is 0 Å². The molecule has 6 heteroatoms. The van der Waals surface area contributed by atoms with E-state index in [0.717, 1.165) is 34.7 Å². The molecular weight excluding hydrogens is 258 g/mol. The third-order valence-electron chi connectivity index (χ3n) is 2.80. The molecule has 0 spiro atoms. The summed E-state index contributed by atoms with van der Waals surface area (Å²) in [6, 6.07) is 1.90. The lowest BCUT2D eigenvalue weighted by Crippen LogP contribution is -2.12. The molecule has 1 N–H and O–H groups in total. The van der Waals surface area contributed by atoms with E-state index in [2.05, 4.69) is 27.3 Å². The molecule has 0 unspecified atom stereocenters. The Hall–Kier alpha value is -1.40. The summed E-state index contributed by atoms with van der Waals surface area (Å²) in [6.45, 7) is 7.87. The molecule has 2 aromatic rings. The number of aromatic nitrogens is 4. The average Bonchev–Trinajstić information content (AvgIpc) is 2.62. The number of aryl methyl sites for hydroxylation is 3. The summed E-state index contributed by atoms with van der Waals surface area (Å²) in [6.07, 6.45) is 1.79. The van der Waals surface area contributed by atoms with E-state index in [0.29, 0.717) is 0 Å². The van der Waals surface area contributed by atoms with Crippen molar-refractivity contribution in [2.24, 2.45) is 7.05 Å². The van der Waals surface area contributed by atoms with Crippen LogP contribution >= 0.6 is 11.8 Å². The zero-order chi connectivity index (χ0) is 13.8. The molecule has 2 heterocycles. The van der Waals surface area contributed by atoms with Gasteiger partial charge < -0.3 is 5.32 Å². The molecular formula is C13H19N5S. The quantitative estimate of drug-likeness (QED) is 0.848. The maximum absolute atomic E-state index is 4.48. The zero-order valence-corrected chi connectivity index (χ0v) is 12.6. The van der Waals surface area contributed by atoms with Gasteiger partial charge in [0.2, 0.25) is 0 Å². The first-order chi connectivity index (χ1) is 9.11. The van der Waals surface area contributed by atoms with E-state index < -0.39 is 0 Å². The van der Waals surface area contributed by atoms with Crippen LogP contribution in [0.25, 0.3) is 0 Å². The number of rotatable bonds is 5. The molecule has 0 fully saturated rings. The van der Waals surface area contributed by atoms with E-state index in [1.165, 1.54) is 5.56 Å². The van der Waals surface area contributed by atoms with Gasteiger partial charge in [0.25, 0.3) is 0 Å². The molecule has 19 heavy (non-hydrogen) atoms. The summed E-state index contributed by atoms with van der Waals surface area (Å²) in [5.41, 5.74) is 3.25. The molecule has 0 aliphatic heterocycles. The summed E-state index contributed by atoms with van der Waals surface area (Å²) in [4.78, 5) is 8.73. The standard InChI is InChI=1S/C13H19N5S/c1-5-14-8-11-10(3)17-18(4)12(11)19-13-15-7-6-9(2)16-13/h6-7,14H,5,8H2,1-4H3. The van der Waals surface area contributed by atoms with Crippen LogP contribution in [-0.2, 0) is 13.6 Å². The molecule has 102 valence electrons. The van der Waals surface area contributed by atoms with Gasteiger partial charge >= 0.3 is 0 Å². The maximum Gasteiger partial charge on any atom is 0.194 e. The molecule has 0 bridgehead atoms. The third kappa shape index (κ3) is 3.33. The molecule has 0 radical (unpaired) electrons. The second-order valence-corrected chi connectivity index (χ2v) is 5.31. The lowest BCUT2D eigenvalue weighted by atomic mass is 10.2. The summed E-state index contributed by atoms with van der Waals surface area (Å²) < 4.78 is 1.90. The molecule has 0 atom stereocenters. The van der Waals surface area contributed by atoms with Crippen molar-refractivity contribution in [3.8, 4) is 0 Å². The highest BCUT2D eigenvalue weighted by molar-refractivity contribution is 7.99. The Balaban J connectivity index is 2.28. The van der Waals surface area contributed by atoms with Crippen molar-refractivity contribution >= 4 is 11.8 Å². The van der Waals surface area contributed by atoms with Gasteiger partial charge in [-0.05, 0) is 38.2 Å². The van der Waals surface area contributed by atoms with Gasteiger partial charge in [0.05, 0.1) is 5.69 Å². The minimum atomic E-state index is 0.765. The van der Waals surface area contributed by atoms with Crippen LogP contribution in [0.2, 0.25) is 0 Å². The maximum atomic E-state index is 4.48. The average molecular weight is 277 g/mol. The largest absolute Gasteiger partial charge is 0.313 e. The van der Waals surface area contributed by atoms with Crippen LogP contribution in [0, 0.1) is 13.8 Å². The second kappa shape index (κ2) is 6.16. The highest BCUT2D eigenvalue weighted by Crippen LogP contribution is 2.29. The monoisotopic (exact) mass is 277 g/mol. The van der Waals surface area contributed by atoms with E-state index in [9.17, 15) is 0 Å². The van der Waals surface area contributed by atoms with Crippen LogP contribution in [0.15, 0.2) is 22.4 Å². The van der Waals surface area contributed by atoms with E-state index in [1.54, 1.807) is 18.0 Å². The first-order valence-electron chi connectivity index (χ1n) is 6.32. The predicted molar refractivity (Wildman–Crippen MR) is 76.2 cm³/mol.